The van der Waals surface area contributed by atoms with Crippen LogP contribution in [-0.2, 0) is 6.18 Å². The van der Waals surface area contributed by atoms with Crippen LogP contribution in [0.4, 0.5) is 19.0 Å². The molecular weight excluding hydrogens is 321 g/mol. The summed E-state index contributed by atoms with van der Waals surface area (Å²) in [5.41, 5.74) is -0.951. The van der Waals surface area contributed by atoms with Crippen LogP contribution in [0.25, 0.3) is 0 Å². The predicted molar refractivity (Wildman–Crippen MR) is 83.7 cm³/mol. The summed E-state index contributed by atoms with van der Waals surface area (Å²) < 4.78 is 37.8. The van der Waals surface area contributed by atoms with Gasteiger partial charge in [0.05, 0.1) is 12.4 Å². The second kappa shape index (κ2) is 7.23. The maximum Gasteiger partial charge on any atom is 0.434 e. The molecule has 3 rings (SSSR count). The number of aromatic nitrogens is 2. The van der Waals surface area contributed by atoms with Crippen LogP contribution >= 0.6 is 0 Å². The van der Waals surface area contributed by atoms with Crippen LogP contribution in [0.2, 0.25) is 0 Å². The predicted octanol–water partition coefficient (Wildman–Crippen LogP) is 2.17. The molecule has 134 valence electrons. The quantitative estimate of drug-likeness (QED) is 0.907. The van der Waals surface area contributed by atoms with E-state index in [0.29, 0.717) is 11.7 Å². The lowest BCUT2D eigenvalue weighted by Gasteiger charge is -2.35. The van der Waals surface area contributed by atoms with Gasteiger partial charge in [0.25, 0.3) is 0 Å². The van der Waals surface area contributed by atoms with E-state index in [0.717, 1.165) is 58.1 Å². The smallest absolute Gasteiger partial charge is 0.396 e. The highest BCUT2D eigenvalue weighted by atomic mass is 19.4. The summed E-state index contributed by atoms with van der Waals surface area (Å²) in [5.74, 6) is 0.928. The molecule has 8 heteroatoms. The van der Waals surface area contributed by atoms with E-state index in [1.165, 1.54) is 6.20 Å². The van der Waals surface area contributed by atoms with Gasteiger partial charge in [-0.1, -0.05) is 0 Å². The van der Waals surface area contributed by atoms with Crippen molar-refractivity contribution in [2.75, 3.05) is 37.7 Å². The Morgan fingerprint density at radius 2 is 1.83 bits per heavy atom. The molecule has 2 aliphatic heterocycles. The van der Waals surface area contributed by atoms with Gasteiger partial charge in [-0.3, -0.25) is 0 Å². The molecule has 0 bridgehead atoms. The Morgan fingerprint density at radius 1 is 1.08 bits per heavy atom. The number of rotatable bonds is 4. The van der Waals surface area contributed by atoms with Crippen molar-refractivity contribution in [2.45, 2.75) is 37.9 Å². The number of hydrogen-bond donors (Lipinski definition) is 1. The highest BCUT2D eigenvalue weighted by Crippen LogP contribution is 2.29. The fourth-order valence-corrected chi connectivity index (χ4v) is 3.59. The Balaban J connectivity index is 1.61. The summed E-state index contributed by atoms with van der Waals surface area (Å²) in [6, 6.07) is 0.265. The van der Waals surface area contributed by atoms with Crippen molar-refractivity contribution in [1.29, 1.82) is 0 Å². The van der Waals surface area contributed by atoms with Gasteiger partial charge in [-0.15, -0.1) is 0 Å². The zero-order valence-corrected chi connectivity index (χ0v) is 13.5. The van der Waals surface area contributed by atoms with Gasteiger partial charge in [-0.25, -0.2) is 9.97 Å². The first-order chi connectivity index (χ1) is 11.5. The lowest BCUT2D eigenvalue weighted by Crippen LogP contribution is -2.44. The van der Waals surface area contributed by atoms with Crippen LogP contribution < -0.4 is 4.90 Å². The van der Waals surface area contributed by atoms with Crippen molar-refractivity contribution in [3.63, 3.8) is 0 Å². The van der Waals surface area contributed by atoms with Gasteiger partial charge < -0.3 is 14.9 Å². The topological polar surface area (TPSA) is 52.5 Å². The Labute approximate surface area is 139 Å². The second-order valence-electron chi connectivity index (χ2n) is 6.67. The first-order valence-electron chi connectivity index (χ1n) is 8.46. The lowest BCUT2D eigenvalue weighted by atomic mass is 9.97. The number of halogens is 3. The number of likely N-dealkylation sites (tertiary alicyclic amines) is 1. The number of nitrogens with zero attached hydrogens (tertiary/aromatic N) is 4. The minimum absolute atomic E-state index is 0.255. The maximum atomic E-state index is 12.6. The Morgan fingerprint density at radius 3 is 2.42 bits per heavy atom. The molecule has 0 spiro atoms. The molecule has 2 fully saturated rings. The van der Waals surface area contributed by atoms with Crippen molar-refractivity contribution < 1.29 is 18.3 Å². The van der Waals surface area contributed by atoms with Crippen molar-refractivity contribution in [3.8, 4) is 0 Å². The van der Waals surface area contributed by atoms with E-state index >= 15 is 0 Å². The minimum atomic E-state index is -4.45. The summed E-state index contributed by atoms with van der Waals surface area (Å²) >= 11 is 0. The van der Waals surface area contributed by atoms with Crippen LogP contribution in [0.1, 0.15) is 31.4 Å². The summed E-state index contributed by atoms with van der Waals surface area (Å²) in [7, 11) is 0. The summed E-state index contributed by atoms with van der Waals surface area (Å²) in [6.45, 7) is 3.88. The van der Waals surface area contributed by atoms with E-state index in [1.54, 1.807) is 0 Å². The largest absolute Gasteiger partial charge is 0.434 e. The second-order valence-corrected chi connectivity index (χ2v) is 6.67. The molecule has 0 amide bonds. The minimum Gasteiger partial charge on any atom is -0.396 e. The number of hydrogen-bond acceptors (Lipinski definition) is 5. The van der Waals surface area contributed by atoms with Crippen LogP contribution in [0.3, 0.4) is 0 Å². The first kappa shape index (κ1) is 17.4. The van der Waals surface area contributed by atoms with E-state index < -0.39 is 11.9 Å². The third kappa shape index (κ3) is 3.97. The van der Waals surface area contributed by atoms with Crippen molar-refractivity contribution in [2.24, 2.45) is 5.92 Å². The molecular formula is C16H23F3N4O. The molecule has 3 heterocycles. The SMILES string of the molecule is OCC1CCN(C[C@@H]2CCCN2c2cnc(C(F)(F)F)cn2)CC1. The van der Waals surface area contributed by atoms with Gasteiger partial charge >= 0.3 is 6.18 Å². The van der Waals surface area contributed by atoms with Crippen LogP contribution in [0.5, 0.6) is 0 Å². The average molecular weight is 344 g/mol. The zero-order chi connectivity index (χ0) is 17.2. The highest BCUT2D eigenvalue weighted by Gasteiger charge is 2.34. The van der Waals surface area contributed by atoms with Gasteiger partial charge in [0.1, 0.15) is 5.82 Å². The molecule has 0 aromatic carbocycles. The maximum absolute atomic E-state index is 12.6. The number of aliphatic hydroxyl groups excluding tert-OH is 1. The summed E-state index contributed by atoms with van der Waals surface area (Å²) in [5, 5.41) is 9.21. The number of aliphatic hydroxyl groups is 1. The van der Waals surface area contributed by atoms with Crippen molar-refractivity contribution in [3.05, 3.63) is 18.1 Å². The number of anilines is 1. The normalized spacial score (nSPS) is 23.8. The van der Waals surface area contributed by atoms with Crippen LogP contribution in [-0.4, -0.2) is 58.8 Å². The fourth-order valence-electron chi connectivity index (χ4n) is 3.59. The number of alkyl halides is 3. The summed E-state index contributed by atoms with van der Waals surface area (Å²) in [6.07, 6.45) is 1.64. The van der Waals surface area contributed by atoms with Crippen molar-refractivity contribution in [1.82, 2.24) is 14.9 Å². The van der Waals surface area contributed by atoms with E-state index in [-0.39, 0.29) is 12.6 Å². The average Bonchev–Trinajstić information content (AvgIpc) is 3.03. The molecule has 1 aromatic rings. The standard InChI is InChI=1S/C16H23F3N4O/c17-16(18,19)14-8-21-15(9-20-14)23-5-1-2-13(23)10-22-6-3-12(11-24)4-7-22/h8-9,12-13,24H,1-7,10-11H2/t13-/m0/s1. The van der Waals surface area contributed by atoms with E-state index in [1.807, 2.05) is 0 Å². The molecule has 2 aliphatic rings. The molecule has 24 heavy (non-hydrogen) atoms. The van der Waals surface area contributed by atoms with E-state index in [9.17, 15) is 18.3 Å². The molecule has 0 radical (unpaired) electrons. The monoisotopic (exact) mass is 344 g/mol. The zero-order valence-electron chi connectivity index (χ0n) is 13.5. The molecule has 0 saturated carbocycles. The van der Waals surface area contributed by atoms with Gasteiger partial charge in [0.2, 0.25) is 0 Å². The third-order valence-corrected chi connectivity index (χ3v) is 5.03. The molecule has 0 aliphatic carbocycles. The van der Waals surface area contributed by atoms with Crippen LogP contribution in [0.15, 0.2) is 12.4 Å². The Hall–Kier alpha value is -1.41. The van der Waals surface area contributed by atoms with Crippen molar-refractivity contribution >= 4 is 5.82 Å². The number of piperidine rings is 1. The Kier molecular flexibility index (Phi) is 5.24. The molecule has 1 N–H and O–H groups in total. The lowest BCUT2D eigenvalue weighted by molar-refractivity contribution is -0.141. The fraction of sp³-hybridized carbons (Fsp3) is 0.750. The van der Waals surface area contributed by atoms with Crippen LogP contribution in [0, 0.1) is 5.92 Å². The first-order valence-corrected chi connectivity index (χ1v) is 8.46. The third-order valence-electron chi connectivity index (χ3n) is 5.03. The van der Waals surface area contributed by atoms with E-state index in [2.05, 4.69) is 19.8 Å². The molecule has 5 nitrogen and oxygen atoms in total. The summed E-state index contributed by atoms with van der Waals surface area (Å²) in [4.78, 5) is 12.0. The van der Waals surface area contributed by atoms with Gasteiger partial charge in [0.15, 0.2) is 5.69 Å². The van der Waals surface area contributed by atoms with Gasteiger partial charge in [-0.2, -0.15) is 13.2 Å². The molecule has 1 aromatic heterocycles. The Bertz CT molecular complexity index is 529. The molecule has 0 unspecified atom stereocenters. The van der Waals surface area contributed by atoms with Gasteiger partial charge in [0, 0.05) is 25.7 Å². The molecule has 2 saturated heterocycles. The van der Waals surface area contributed by atoms with Gasteiger partial charge in [-0.05, 0) is 44.7 Å². The van der Waals surface area contributed by atoms with E-state index in [4.69, 9.17) is 0 Å². The molecule has 1 atom stereocenters. The highest BCUT2D eigenvalue weighted by molar-refractivity contribution is 5.39.